The van der Waals surface area contributed by atoms with Gasteiger partial charge in [-0.2, -0.15) is 10.2 Å². The molecule has 5 heteroatoms. The minimum Gasteiger partial charge on any atom is -0.316 e. The zero-order valence-electron chi connectivity index (χ0n) is 12.8. The van der Waals surface area contributed by atoms with Crippen molar-refractivity contribution in [1.29, 1.82) is 0 Å². The van der Waals surface area contributed by atoms with E-state index in [-0.39, 0.29) is 0 Å². The van der Waals surface area contributed by atoms with Gasteiger partial charge in [0, 0.05) is 29.7 Å². The molecule has 1 aliphatic rings. The third kappa shape index (κ3) is 2.31. The van der Waals surface area contributed by atoms with Gasteiger partial charge in [0.2, 0.25) is 0 Å². The Morgan fingerprint density at radius 2 is 2.27 bits per heavy atom. The van der Waals surface area contributed by atoms with E-state index in [9.17, 15) is 0 Å². The van der Waals surface area contributed by atoms with E-state index in [0.29, 0.717) is 5.92 Å². The maximum absolute atomic E-state index is 4.80. The van der Waals surface area contributed by atoms with Crippen LogP contribution in [0.1, 0.15) is 37.1 Å². The number of aromatic amines is 1. The van der Waals surface area contributed by atoms with Crippen LogP contribution < -0.4 is 5.32 Å². The third-order valence-corrected chi connectivity index (χ3v) is 4.56. The second-order valence-electron chi connectivity index (χ2n) is 5.99. The highest BCUT2D eigenvalue weighted by Gasteiger charge is 2.17. The van der Waals surface area contributed by atoms with Gasteiger partial charge < -0.3 is 5.32 Å². The Labute approximate surface area is 129 Å². The molecule has 2 N–H and O–H groups in total. The van der Waals surface area contributed by atoms with Crippen LogP contribution in [0.4, 0.5) is 0 Å². The van der Waals surface area contributed by atoms with Crippen LogP contribution in [-0.4, -0.2) is 33.1 Å². The highest BCUT2D eigenvalue weighted by Crippen LogP contribution is 2.24. The number of nitrogens with one attached hydrogen (secondary N) is 2. The van der Waals surface area contributed by atoms with Crippen LogP contribution in [0.5, 0.6) is 0 Å². The Balaban J connectivity index is 1.68. The monoisotopic (exact) mass is 295 g/mol. The molecule has 3 heterocycles. The van der Waals surface area contributed by atoms with Crippen LogP contribution in [0, 0.1) is 0 Å². The average molecular weight is 295 g/mol. The Bertz CT molecular complexity index is 779. The molecule has 0 amide bonds. The number of piperidine rings is 1. The Kier molecular flexibility index (Phi) is 3.42. The van der Waals surface area contributed by atoms with Gasteiger partial charge in [0.05, 0.1) is 16.9 Å². The largest absolute Gasteiger partial charge is 0.316 e. The zero-order valence-corrected chi connectivity index (χ0v) is 12.8. The number of aryl methyl sites for hydroxylation is 1. The molecule has 5 nitrogen and oxygen atoms in total. The molecule has 1 aromatic carbocycles. The summed E-state index contributed by atoms with van der Waals surface area (Å²) in [6, 6.07) is 8.47. The van der Waals surface area contributed by atoms with Crippen molar-refractivity contribution >= 4 is 10.9 Å². The van der Waals surface area contributed by atoms with Crippen molar-refractivity contribution in [3.8, 4) is 5.69 Å². The van der Waals surface area contributed by atoms with E-state index in [0.717, 1.165) is 30.7 Å². The average Bonchev–Trinajstić information content (AvgIpc) is 3.22. The van der Waals surface area contributed by atoms with Crippen molar-refractivity contribution in [2.45, 2.75) is 32.1 Å². The number of aromatic nitrogens is 4. The van der Waals surface area contributed by atoms with Crippen LogP contribution in [-0.2, 0) is 6.42 Å². The van der Waals surface area contributed by atoms with Gasteiger partial charge in [-0.3, -0.25) is 5.10 Å². The fraction of sp³-hybridized carbons (Fsp3) is 0.412. The molecule has 114 valence electrons. The van der Waals surface area contributed by atoms with E-state index in [1.807, 2.05) is 4.68 Å². The molecule has 0 aliphatic carbocycles. The van der Waals surface area contributed by atoms with Gasteiger partial charge in [-0.25, -0.2) is 4.68 Å². The summed E-state index contributed by atoms with van der Waals surface area (Å²) in [6.45, 7) is 4.31. The molecule has 0 spiro atoms. The first-order valence-electron chi connectivity index (χ1n) is 8.09. The third-order valence-electron chi connectivity index (χ3n) is 4.56. The molecule has 0 bridgehead atoms. The summed E-state index contributed by atoms with van der Waals surface area (Å²) in [6.07, 6.45) is 5.48. The molecular weight excluding hydrogens is 274 g/mol. The topological polar surface area (TPSA) is 58.5 Å². The van der Waals surface area contributed by atoms with E-state index in [2.05, 4.69) is 52.9 Å². The molecule has 3 aromatic rings. The molecule has 1 saturated heterocycles. The fourth-order valence-electron chi connectivity index (χ4n) is 3.27. The minimum atomic E-state index is 0.541. The van der Waals surface area contributed by atoms with E-state index < -0.39 is 0 Å². The maximum atomic E-state index is 4.80. The summed E-state index contributed by atoms with van der Waals surface area (Å²) in [4.78, 5) is 0. The Morgan fingerprint density at radius 1 is 1.32 bits per heavy atom. The number of fused-ring (bicyclic) bond motifs is 1. The fourth-order valence-corrected chi connectivity index (χ4v) is 3.27. The normalized spacial score (nSPS) is 18.9. The van der Waals surface area contributed by atoms with Crippen LogP contribution in [0.25, 0.3) is 16.6 Å². The lowest BCUT2D eigenvalue weighted by molar-refractivity contribution is 0.453. The highest BCUT2D eigenvalue weighted by molar-refractivity contribution is 5.83. The highest BCUT2D eigenvalue weighted by atomic mass is 15.3. The SMILES string of the molecule is CCc1[nH]nc2ccc(-n3ccc([C@@H]4CCCNC4)n3)cc12. The van der Waals surface area contributed by atoms with Gasteiger partial charge in [0.1, 0.15) is 0 Å². The van der Waals surface area contributed by atoms with Crippen molar-refractivity contribution in [3.63, 3.8) is 0 Å². The lowest BCUT2D eigenvalue weighted by atomic mass is 9.97. The van der Waals surface area contributed by atoms with Crippen LogP contribution >= 0.6 is 0 Å². The predicted octanol–water partition coefficient (Wildman–Crippen LogP) is 2.78. The number of hydrogen-bond donors (Lipinski definition) is 2. The summed E-state index contributed by atoms with van der Waals surface area (Å²) in [5.41, 5.74) is 4.49. The molecule has 1 aliphatic heterocycles. The van der Waals surface area contributed by atoms with Gasteiger partial charge >= 0.3 is 0 Å². The molecule has 1 atom stereocenters. The lowest BCUT2D eigenvalue weighted by Gasteiger charge is -2.20. The quantitative estimate of drug-likeness (QED) is 0.781. The lowest BCUT2D eigenvalue weighted by Crippen LogP contribution is -2.28. The van der Waals surface area contributed by atoms with Crippen molar-refractivity contribution in [2.75, 3.05) is 13.1 Å². The van der Waals surface area contributed by atoms with Crippen molar-refractivity contribution < 1.29 is 0 Å². The standard InChI is InChI=1S/C17H21N5/c1-2-15-14-10-13(5-6-17(14)20-19-15)22-9-7-16(21-22)12-4-3-8-18-11-12/h5-7,9-10,12,18H,2-4,8,11H2,1H3,(H,19,20)/t12-/m1/s1. The number of benzene rings is 1. The van der Waals surface area contributed by atoms with Gasteiger partial charge in [-0.15, -0.1) is 0 Å². The van der Waals surface area contributed by atoms with Crippen molar-refractivity contribution in [2.24, 2.45) is 0 Å². The van der Waals surface area contributed by atoms with E-state index in [1.165, 1.54) is 29.6 Å². The molecular formula is C17H21N5. The van der Waals surface area contributed by atoms with Crippen LogP contribution in [0.2, 0.25) is 0 Å². The number of nitrogens with zero attached hydrogens (tertiary/aromatic N) is 3. The second-order valence-corrected chi connectivity index (χ2v) is 5.99. The van der Waals surface area contributed by atoms with E-state index >= 15 is 0 Å². The maximum Gasteiger partial charge on any atom is 0.0925 e. The van der Waals surface area contributed by atoms with Gasteiger partial charge in [-0.05, 0) is 50.1 Å². The summed E-state index contributed by atoms with van der Waals surface area (Å²) >= 11 is 0. The van der Waals surface area contributed by atoms with Crippen LogP contribution in [0.15, 0.2) is 30.5 Å². The first-order valence-corrected chi connectivity index (χ1v) is 8.09. The number of H-pyrrole nitrogens is 1. The van der Waals surface area contributed by atoms with Crippen molar-refractivity contribution in [3.05, 3.63) is 41.9 Å². The van der Waals surface area contributed by atoms with E-state index in [4.69, 9.17) is 5.10 Å². The van der Waals surface area contributed by atoms with Crippen LogP contribution in [0.3, 0.4) is 0 Å². The molecule has 2 aromatic heterocycles. The molecule has 1 fully saturated rings. The van der Waals surface area contributed by atoms with Gasteiger partial charge in [0.25, 0.3) is 0 Å². The summed E-state index contributed by atoms with van der Waals surface area (Å²) < 4.78 is 1.98. The first kappa shape index (κ1) is 13.5. The van der Waals surface area contributed by atoms with E-state index in [1.54, 1.807) is 0 Å². The summed E-state index contributed by atoms with van der Waals surface area (Å²) in [7, 11) is 0. The minimum absolute atomic E-state index is 0.541. The molecule has 0 unspecified atom stereocenters. The first-order chi connectivity index (χ1) is 10.8. The van der Waals surface area contributed by atoms with Gasteiger partial charge in [0.15, 0.2) is 0 Å². The molecule has 4 rings (SSSR count). The molecule has 0 radical (unpaired) electrons. The Morgan fingerprint density at radius 3 is 3.09 bits per heavy atom. The summed E-state index contributed by atoms with van der Waals surface area (Å²) in [5.74, 6) is 0.541. The summed E-state index contributed by atoms with van der Waals surface area (Å²) in [5, 5.41) is 16.9. The number of rotatable bonds is 3. The predicted molar refractivity (Wildman–Crippen MR) is 87.4 cm³/mol. The number of hydrogen-bond acceptors (Lipinski definition) is 3. The molecule has 0 saturated carbocycles. The molecule has 22 heavy (non-hydrogen) atoms. The zero-order chi connectivity index (χ0) is 14.9. The van der Waals surface area contributed by atoms with Crippen molar-refractivity contribution in [1.82, 2.24) is 25.3 Å². The van der Waals surface area contributed by atoms with Gasteiger partial charge in [-0.1, -0.05) is 6.92 Å². The smallest absolute Gasteiger partial charge is 0.0925 e. The second kappa shape index (κ2) is 5.57. The Hall–Kier alpha value is -2.14.